The molecule has 4 heteroatoms. The molecular formula is C11H18BrNOS. The maximum atomic E-state index is 11.9. The fraction of sp³-hybridized carbons (Fsp3) is 0.909. The van der Waals surface area contributed by atoms with Crippen LogP contribution in [0.25, 0.3) is 0 Å². The fourth-order valence-electron chi connectivity index (χ4n) is 2.28. The molecule has 0 spiro atoms. The highest BCUT2D eigenvalue weighted by Gasteiger charge is 2.27. The Balaban J connectivity index is 1.74. The van der Waals surface area contributed by atoms with Crippen LogP contribution in [-0.4, -0.2) is 27.8 Å². The number of carbonyl (C=O) groups is 1. The minimum absolute atomic E-state index is 0.242. The van der Waals surface area contributed by atoms with E-state index in [2.05, 4.69) is 21.2 Å². The topological polar surface area (TPSA) is 29.1 Å². The van der Waals surface area contributed by atoms with Gasteiger partial charge in [0, 0.05) is 10.9 Å². The second kappa shape index (κ2) is 5.58. The zero-order valence-electron chi connectivity index (χ0n) is 8.88. The molecule has 2 fully saturated rings. The molecule has 0 aromatic heterocycles. The number of thioether (sulfide) groups is 1. The average Bonchev–Trinajstić information content (AvgIpc) is 2.74. The molecule has 86 valence electrons. The van der Waals surface area contributed by atoms with E-state index in [1.807, 2.05) is 11.8 Å². The van der Waals surface area contributed by atoms with Gasteiger partial charge < -0.3 is 5.32 Å². The fourth-order valence-corrected chi connectivity index (χ4v) is 3.97. The Bertz CT molecular complexity index is 223. The molecule has 0 aromatic carbocycles. The maximum absolute atomic E-state index is 11.9. The highest BCUT2D eigenvalue weighted by molar-refractivity contribution is 9.09. The third-order valence-electron chi connectivity index (χ3n) is 3.23. The summed E-state index contributed by atoms with van der Waals surface area (Å²) in [5.41, 5.74) is 0. The molecule has 2 aliphatic rings. The van der Waals surface area contributed by atoms with Crippen LogP contribution in [0.5, 0.6) is 0 Å². The lowest BCUT2D eigenvalue weighted by atomic mass is 9.95. The molecule has 2 rings (SSSR count). The molecule has 1 amide bonds. The summed E-state index contributed by atoms with van der Waals surface area (Å²) < 4.78 is 0. The van der Waals surface area contributed by atoms with Crippen molar-refractivity contribution in [2.45, 2.75) is 54.6 Å². The Morgan fingerprint density at radius 1 is 1.20 bits per heavy atom. The van der Waals surface area contributed by atoms with Gasteiger partial charge in [-0.25, -0.2) is 0 Å². The Labute approximate surface area is 104 Å². The minimum Gasteiger partial charge on any atom is -0.352 e. The quantitative estimate of drug-likeness (QED) is 0.793. The predicted octanol–water partition coefficient (Wildman–Crippen LogP) is 2.70. The van der Waals surface area contributed by atoms with Crippen LogP contribution < -0.4 is 5.32 Å². The predicted molar refractivity (Wildman–Crippen MR) is 68.6 cm³/mol. The van der Waals surface area contributed by atoms with E-state index in [4.69, 9.17) is 0 Å². The summed E-state index contributed by atoms with van der Waals surface area (Å²) in [5, 5.41) is 3.44. The average molecular weight is 292 g/mol. The molecule has 1 heterocycles. The van der Waals surface area contributed by atoms with E-state index >= 15 is 0 Å². The van der Waals surface area contributed by atoms with Crippen LogP contribution in [-0.2, 0) is 4.79 Å². The van der Waals surface area contributed by atoms with Crippen molar-refractivity contribution in [1.82, 2.24) is 5.32 Å². The molecule has 1 atom stereocenters. The molecule has 0 radical (unpaired) electrons. The molecule has 1 aliphatic carbocycles. The van der Waals surface area contributed by atoms with E-state index in [0.29, 0.717) is 10.9 Å². The van der Waals surface area contributed by atoms with Crippen LogP contribution in [0, 0.1) is 0 Å². The van der Waals surface area contributed by atoms with Gasteiger partial charge in [0.1, 0.15) is 0 Å². The Kier molecular flexibility index (Phi) is 4.38. The highest BCUT2D eigenvalue weighted by atomic mass is 79.9. The molecule has 1 saturated heterocycles. The molecule has 0 aromatic rings. The largest absolute Gasteiger partial charge is 0.352 e. The van der Waals surface area contributed by atoms with Crippen LogP contribution in [0.15, 0.2) is 0 Å². The van der Waals surface area contributed by atoms with Gasteiger partial charge in [-0.15, -0.1) is 11.8 Å². The lowest BCUT2D eigenvalue weighted by molar-refractivity contribution is -0.121. The SMILES string of the molecule is O=C(NC1CCC(Br)CC1)C1CCCS1. The summed E-state index contributed by atoms with van der Waals surface area (Å²) in [7, 11) is 0. The highest BCUT2D eigenvalue weighted by Crippen LogP contribution is 2.28. The third kappa shape index (κ3) is 3.38. The summed E-state index contributed by atoms with van der Waals surface area (Å²) in [6, 6.07) is 0.437. The van der Waals surface area contributed by atoms with Crippen molar-refractivity contribution < 1.29 is 4.79 Å². The molecule has 0 bridgehead atoms. The maximum Gasteiger partial charge on any atom is 0.233 e. The second-order valence-corrected chi connectivity index (χ2v) is 7.06. The van der Waals surface area contributed by atoms with Crippen molar-refractivity contribution in [2.24, 2.45) is 0 Å². The van der Waals surface area contributed by atoms with Crippen molar-refractivity contribution in [1.29, 1.82) is 0 Å². The molecule has 2 nitrogen and oxygen atoms in total. The standard InChI is InChI=1S/C11H18BrNOS/c12-8-3-5-9(6-4-8)13-11(14)10-2-1-7-15-10/h8-10H,1-7H2,(H,13,14). The number of alkyl halides is 1. The van der Waals surface area contributed by atoms with Gasteiger partial charge in [0.2, 0.25) is 5.91 Å². The Morgan fingerprint density at radius 3 is 2.53 bits per heavy atom. The lowest BCUT2D eigenvalue weighted by Crippen LogP contribution is -2.41. The number of nitrogens with one attached hydrogen (secondary N) is 1. The third-order valence-corrected chi connectivity index (χ3v) is 5.52. The summed E-state index contributed by atoms with van der Waals surface area (Å²) >= 11 is 5.45. The van der Waals surface area contributed by atoms with Crippen LogP contribution in [0.2, 0.25) is 0 Å². The first kappa shape index (κ1) is 11.8. The van der Waals surface area contributed by atoms with Gasteiger partial charge in [0.25, 0.3) is 0 Å². The van der Waals surface area contributed by atoms with E-state index in [9.17, 15) is 4.79 Å². The Hall–Kier alpha value is 0.300. The van der Waals surface area contributed by atoms with Gasteiger partial charge in [-0.05, 0) is 44.3 Å². The summed E-state index contributed by atoms with van der Waals surface area (Å²) in [6.07, 6.45) is 6.95. The van der Waals surface area contributed by atoms with Crippen molar-refractivity contribution in [3.8, 4) is 0 Å². The van der Waals surface area contributed by atoms with Gasteiger partial charge in [0.05, 0.1) is 5.25 Å². The lowest BCUT2D eigenvalue weighted by Gasteiger charge is -2.26. The van der Waals surface area contributed by atoms with Gasteiger partial charge >= 0.3 is 0 Å². The van der Waals surface area contributed by atoms with E-state index in [1.54, 1.807) is 0 Å². The zero-order valence-corrected chi connectivity index (χ0v) is 11.3. The normalized spacial score (nSPS) is 36.5. The first-order chi connectivity index (χ1) is 7.25. The number of rotatable bonds is 2. The smallest absolute Gasteiger partial charge is 0.233 e. The monoisotopic (exact) mass is 291 g/mol. The van der Waals surface area contributed by atoms with Gasteiger partial charge in [-0.2, -0.15) is 0 Å². The number of hydrogen-bond donors (Lipinski definition) is 1. The van der Waals surface area contributed by atoms with E-state index < -0.39 is 0 Å². The number of hydrogen-bond acceptors (Lipinski definition) is 2. The molecule has 1 aliphatic heterocycles. The zero-order chi connectivity index (χ0) is 10.7. The van der Waals surface area contributed by atoms with Gasteiger partial charge in [-0.1, -0.05) is 15.9 Å². The Morgan fingerprint density at radius 2 is 1.93 bits per heavy atom. The minimum atomic E-state index is 0.242. The van der Waals surface area contributed by atoms with Gasteiger partial charge in [-0.3, -0.25) is 4.79 Å². The number of amides is 1. The van der Waals surface area contributed by atoms with E-state index in [1.165, 1.54) is 19.3 Å². The van der Waals surface area contributed by atoms with Crippen molar-refractivity contribution in [2.75, 3.05) is 5.75 Å². The first-order valence-corrected chi connectivity index (χ1v) is 7.78. The summed E-state index contributed by atoms with van der Waals surface area (Å²) in [4.78, 5) is 12.5. The van der Waals surface area contributed by atoms with Crippen LogP contribution >= 0.6 is 27.7 Å². The summed E-state index contributed by atoms with van der Waals surface area (Å²) in [5.74, 6) is 1.45. The summed E-state index contributed by atoms with van der Waals surface area (Å²) in [6.45, 7) is 0. The molecule has 1 saturated carbocycles. The van der Waals surface area contributed by atoms with Gasteiger partial charge in [0.15, 0.2) is 0 Å². The first-order valence-electron chi connectivity index (χ1n) is 5.82. The van der Waals surface area contributed by atoms with Crippen molar-refractivity contribution >= 4 is 33.6 Å². The van der Waals surface area contributed by atoms with Crippen LogP contribution in [0.1, 0.15) is 38.5 Å². The van der Waals surface area contributed by atoms with Crippen LogP contribution in [0.4, 0.5) is 0 Å². The van der Waals surface area contributed by atoms with Crippen molar-refractivity contribution in [3.63, 3.8) is 0 Å². The van der Waals surface area contributed by atoms with E-state index in [-0.39, 0.29) is 11.2 Å². The number of carbonyl (C=O) groups excluding carboxylic acids is 1. The van der Waals surface area contributed by atoms with Crippen molar-refractivity contribution in [3.05, 3.63) is 0 Å². The molecule has 15 heavy (non-hydrogen) atoms. The number of halogens is 1. The second-order valence-electron chi connectivity index (χ2n) is 4.46. The van der Waals surface area contributed by atoms with Crippen LogP contribution in [0.3, 0.4) is 0 Å². The molecule has 1 unspecified atom stereocenters. The molecular weight excluding hydrogens is 274 g/mol. The molecule has 1 N–H and O–H groups in total. The van der Waals surface area contributed by atoms with E-state index in [0.717, 1.165) is 25.0 Å².